The molecule has 0 unspecified atom stereocenters. The Balaban J connectivity index is 2.52. The van der Waals surface area contributed by atoms with E-state index in [1.165, 1.54) is 0 Å². The number of cyclic esters (lactones) is 1. The van der Waals surface area contributed by atoms with Crippen LogP contribution in [0.2, 0.25) is 0 Å². The van der Waals surface area contributed by atoms with Crippen molar-refractivity contribution in [3.05, 3.63) is 0 Å². The molecule has 0 aliphatic carbocycles. The van der Waals surface area contributed by atoms with E-state index in [1.807, 2.05) is 0 Å². The number of esters is 1. The standard InChI is InChI=1S/C9H15NO4/c1-4-13-8(12)10-6-5-7(11)14-9(6,2)3/h6H,4-5H2,1-3H3,(H,10,12)/t6-/m0/s1. The van der Waals surface area contributed by atoms with Crippen molar-refractivity contribution in [2.45, 2.75) is 38.8 Å². The van der Waals surface area contributed by atoms with Crippen molar-refractivity contribution in [1.29, 1.82) is 0 Å². The van der Waals surface area contributed by atoms with Gasteiger partial charge in [-0.15, -0.1) is 0 Å². The van der Waals surface area contributed by atoms with E-state index in [0.29, 0.717) is 6.61 Å². The number of carbonyl (C=O) groups excluding carboxylic acids is 2. The zero-order valence-corrected chi connectivity index (χ0v) is 8.62. The molecule has 5 nitrogen and oxygen atoms in total. The first-order chi connectivity index (χ1) is 6.45. The SMILES string of the molecule is CCOC(=O)N[C@H]1CC(=O)OC1(C)C. The molecule has 1 aliphatic rings. The number of nitrogens with one attached hydrogen (secondary N) is 1. The number of hydrogen-bond acceptors (Lipinski definition) is 4. The molecule has 80 valence electrons. The Hall–Kier alpha value is -1.26. The molecule has 1 atom stereocenters. The molecule has 5 heteroatoms. The topological polar surface area (TPSA) is 64.6 Å². The molecule has 0 radical (unpaired) electrons. The van der Waals surface area contributed by atoms with Gasteiger partial charge in [-0.25, -0.2) is 4.79 Å². The molecule has 0 saturated carbocycles. The van der Waals surface area contributed by atoms with E-state index in [1.54, 1.807) is 20.8 Å². The molecule has 0 bridgehead atoms. The van der Waals surface area contributed by atoms with E-state index in [2.05, 4.69) is 5.32 Å². The summed E-state index contributed by atoms with van der Waals surface area (Å²) in [6, 6.07) is -0.311. The van der Waals surface area contributed by atoms with E-state index in [9.17, 15) is 9.59 Å². The first-order valence-corrected chi connectivity index (χ1v) is 4.61. The lowest BCUT2D eigenvalue weighted by Crippen LogP contribution is -2.46. The van der Waals surface area contributed by atoms with Crippen LogP contribution in [0.5, 0.6) is 0 Å². The van der Waals surface area contributed by atoms with Gasteiger partial charge in [-0.1, -0.05) is 0 Å². The molecule has 14 heavy (non-hydrogen) atoms. The first kappa shape index (κ1) is 10.8. The van der Waals surface area contributed by atoms with Crippen LogP contribution >= 0.6 is 0 Å². The summed E-state index contributed by atoms with van der Waals surface area (Å²) in [6.07, 6.45) is -0.310. The summed E-state index contributed by atoms with van der Waals surface area (Å²) in [6.45, 7) is 5.55. The maximum atomic E-state index is 11.1. The Morgan fingerprint density at radius 1 is 1.71 bits per heavy atom. The van der Waals surface area contributed by atoms with Crippen LogP contribution in [0.15, 0.2) is 0 Å². The number of alkyl carbamates (subject to hydrolysis) is 1. The molecule has 1 saturated heterocycles. The van der Waals surface area contributed by atoms with E-state index < -0.39 is 11.7 Å². The Labute approximate surface area is 82.8 Å². The molecule has 1 fully saturated rings. The summed E-state index contributed by atoms with van der Waals surface area (Å²) in [4.78, 5) is 22.1. The van der Waals surface area contributed by atoms with Gasteiger partial charge in [-0.05, 0) is 20.8 Å². The minimum Gasteiger partial charge on any atom is -0.457 e. The molecule has 0 spiro atoms. The second-order valence-electron chi connectivity index (χ2n) is 3.70. The Bertz CT molecular complexity index is 249. The van der Waals surface area contributed by atoms with Gasteiger partial charge >= 0.3 is 12.1 Å². The van der Waals surface area contributed by atoms with Crippen molar-refractivity contribution in [3.63, 3.8) is 0 Å². The van der Waals surface area contributed by atoms with Crippen molar-refractivity contribution in [3.8, 4) is 0 Å². The van der Waals surface area contributed by atoms with Gasteiger partial charge in [0.1, 0.15) is 5.60 Å². The first-order valence-electron chi connectivity index (χ1n) is 4.61. The highest BCUT2D eigenvalue weighted by Crippen LogP contribution is 2.25. The maximum Gasteiger partial charge on any atom is 0.407 e. The number of ether oxygens (including phenoxy) is 2. The van der Waals surface area contributed by atoms with Gasteiger partial charge in [-0.2, -0.15) is 0 Å². The quantitative estimate of drug-likeness (QED) is 0.672. The summed E-state index contributed by atoms with van der Waals surface area (Å²) in [5.41, 5.74) is -0.649. The lowest BCUT2D eigenvalue weighted by molar-refractivity contribution is -0.146. The van der Waals surface area contributed by atoms with Gasteiger partial charge in [0.05, 0.1) is 19.1 Å². The van der Waals surface area contributed by atoms with Gasteiger partial charge in [0.2, 0.25) is 0 Å². The summed E-state index contributed by atoms with van der Waals surface area (Å²) in [5, 5.41) is 2.59. The van der Waals surface area contributed by atoms with Gasteiger partial charge in [0, 0.05) is 0 Å². The van der Waals surface area contributed by atoms with E-state index in [0.717, 1.165) is 0 Å². The largest absolute Gasteiger partial charge is 0.457 e. The van der Waals surface area contributed by atoms with Crippen LogP contribution in [0.3, 0.4) is 0 Å². The zero-order valence-electron chi connectivity index (χ0n) is 8.62. The normalized spacial score (nSPS) is 24.2. The molecule has 1 heterocycles. The second kappa shape index (κ2) is 3.86. The molecule has 0 aromatic carbocycles. The summed E-state index contributed by atoms with van der Waals surface area (Å²) in [7, 11) is 0. The highest BCUT2D eigenvalue weighted by atomic mass is 16.6. The fraction of sp³-hybridized carbons (Fsp3) is 0.778. The average molecular weight is 201 g/mol. The van der Waals surface area contributed by atoms with Crippen molar-refractivity contribution >= 4 is 12.1 Å². The van der Waals surface area contributed by atoms with Gasteiger partial charge in [0.25, 0.3) is 0 Å². The van der Waals surface area contributed by atoms with E-state index in [4.69, 9.17) is 9.47 Å². The van der Waals surface area contributed by atoms with Crippen LogP contribution in [-0.4, -0.2) is 30.3 Å². The molecule has 1 rings (SSSR count). The molecular formula is C9H15NO4. The van der Waals surface area contributed by atoms with Crippen LogP contribution in [0.25, 0.3) is 0 Å². The van der Waals surface area contributed by atoms with Crippen molar-refractivity contribution in [2.75, 3.05) is 6.61 Å². The van der Waals surface area contributed by atoms with Crippen molar-refractivity contribution < 1.29 is 19.1 Å². The van der Waals surface area contributed by atoms with E-state index >= 15 is 0 Å². The third-order valence-electron chi connectivity index (χ3n) is 2.15. The fourth-order valence-corrected chi connectivity index (χ4v) is 1.36. The third-order valence-corrected chi connectivity index (χ3v) is 2.15. The molecule has 0 aromatic rings. The van der Waals surface area contributed by atoms with E-state index in [-0.39, 0.29) is 18.4 Å². The maximum absolute atomic E-state index is 11.1. The molecule has 1 aliphatic heterocycles. The lowest BCUT2D eigenvalue weighted by atomic mass is 9.99. The van der Waals surface area contributed by atoms with Crippen LogP contribution in [-0.2, 0) is 14.3 Å². The van der Waals surface area contributed by atoms with Crippen LogP contribution in [0.1, 0.15) is 27.2 Å². The van der Waals surface area contributed by atoms with Crippen LogP contribution in [0.4, 0.5) is 4.79 Å². The Morgan fingerprint density at radius 2 is 2.36 bits per heavy atom. The van der Waals surface area contributed by atoms with Crippen molar-refractivity contribution in [1.82, 2.24) is 5.32 Å². The van der Waals surface area contributed by atoms with Gasteiger partial charge in [0.15, 0.2) is 0 Å². The molecule has 1 N–H and O–H groups in total. The van der Waals surface area contributed by atoms with Gasteiger partial charge in [-0.3, -0.25) is 4.79 Å². The molecule has 0 aromatic heterocycles. The average Bonchev–Trinajstić information content (AvgIpc) is 2.25. The van der Waals surface area contributed by atoms with Gasteiger partial charge < -0.3 is 14.8 Å². The Kier molecular flexibility index (Phi) is 2.98. The van der Waals surface area contributed by atoms with Crippen LogP contribution < -0.4 is 5.32 Å². The van der Waals surface area contributed by atoms with Crippen molar-refractivity contribution in [2.24, 2.45) is 0 Å². The highest BCUT2D eigenvalue weighted by Gasteiger charge is 2.42. The number of carbonyl (C=O) groups is 2. The summed E-state index contributed by atoms with van der Waals surface area (Å²) in [5.74, 6) is -0.295. The number of amides is 1. The molecular weight excluding hydrogens is 186 g/mol. The fourth-order valence-electron chi connectivity index (χ4n) is 1.36. The zero-order chi connectivity index (χ0) is 10.8. The monoisotopic (exact) mass is 201 g/mol. The molecule has 1 amide bonds. The third kappa shape index (κ3) is 2.37. The predicted octanol–water partition coefficient (Wildman–Crippen LogP) is 0.827. The Morgan fingerprint density at radius 3 is 2.79 bits per heavy atom. The second-order valence-corrected chi connectivity index (χ2v) is 3.70. The lowest BCUT2D eigenvalue weighted by Gasteiger charge is -2.24. The van der Waals surface area contributed by atoms with Crippen LogP contribution in [0, 0.1) is 0 Å². The summed E-state index contributed by atoms with van der Waals surface area (Å²) >= 11 is 0. The number of hydrogen-bond donors (Lipinski definition) is 1. The predicted molar refractivity (Wildman–Crippen MR) is 48.7 cm³/mol. The summed E-state index contributed by atoms with van der Waals surface area (Å²) < 4.78 is 9.75. The number of rotatable bonds is 2. The minimum absolute atomic E-state index is 0.200. The smallest absolute Gasteiger partial charge is 0.407 e. The highest BCUT2D eigenvalue weighted by molar-refractivity contribution is 5.76. The minimum atomic E-state index is -0.649.